The van der Waals surface area contributed by atoms with Gasteiger partial charge in [-0.25, -0.2) is 9.78 Å². The van der Waals surface area contributed by atoms with Gasteiger partial charge in [-0.15, -0.1) is 0 Å². The number of Topliss-reactive ketones (excluding diaryl/α,β-unsaturated/α-hetero) is 1. The molecule has 1 unspecified atom stereocenters. The lowest BCUT2D eigenvalue weighted by molar-refractivity contribution is -0.138. The summed E-state index contributed by atoms with van der Waals surface area (Å²) in [4.78, 5) is 29.3. The Morgan fingerprint density at radius 1 is 1.46 bits per heavy atom. The number of hydrogen-bond donors (Lipinski definition) is 1. The zero-order valence-electron chi connectivity index (χ0n) is 13.7. The number of pyridine rings is 1. The van der Waals surface area contributed by atoms with Crippen molar-refractivity contribution in [3.8, 4) is 0 Å². The van der Waals surface area contributed by atoms with E-state index in [-0.39, 0.29) is 12.4 Å². The quantitative estimate of drug-likeness (QED) is 0.672. The van der Waals surface area contributed by atoms with E-state index < -0.39 is 11.9 Å². The Morgan fingerprint density at radius 3 is 2.96 bits per heavy atom. The summed E-state index contributed by atoms with van der Waals surface area (Å²) in [6.07, 6.45) is 3.65. The van der Waals surface area contributed by atoms with Gasteiger partial charge in [0.15, 0.2) is 5.78 Å². The van der Waals surface area contributed by atoms with Crippen LogP contribution < -0.4 is 5.32 Å². The minimum atomic E-state index is -0.533. The number of allylic oxidation sites excluding steroid dienone is 3. The summed E-state index contributed by atoms with van der Waals surface area (Å²) < 4.78 is 5.22. The molecule has 1 aromatic rings. The SMILES string of the molecule is CCOC(=O)C1=C(C)NC2=C(C(=O)CCC2)C1c1cccnc1Cl. The molecule has 1 aliphatic carbocycles. The largest absolute Gasteiger partial charge is 0.463 e. The van der Waals surface area contributed by atoms with E-state index >= 15 is 0 Å². The number of ketones is 1. The summed E-state index contributed by atoms with van der Waals surface area (Å²) in [5.41, 5.74) is 3.28. The third-order valence-corrected chi connectivity index (χ3v) is 4.69. The van der Waals surface area contributed by atoms with Crippen molar-refractivity contribution in [3.05, 3.63) is 51.6 Å². The molecule has 24 heavy (non-hydrogen) atoms. The Balaban J connectivity index is 2.19. The van der Waals surface area contributed by atoms with E-state index in [1.54, 1.807) is 19.2 Å². The average molecular weight is 347 g/mol. The van der Waals surface area contributed by atoms with E-state index in [1.165, 1.54) is 0 Å². The number of esters is 1. The molecule has 1 N–H and O–H groups in total. The molecule has 126 valence electrons. The molecule has 1 aliphatic heterocycles. The van der Waals surface area contributed by atoms with Crippen LogP contribution in [0.25, 0.3) is 0 Å². The van der Waals surface area contributed by atoms with Crippen molar-refractivity contribution < 1.29 is 14.3 Å². The number of nitrogens with one attached hydrogen (secondary N) is 1. The lowest BCUT2D eigenvalue weighted by atomic mass is 9.75. The van der Waals surface area contributed by atoms with Gasteiger partial charge in [0, 0.05) is 35.1 Å². The topological polar surface area (TPSA) is 68.3 Å². The molecule has 0 amide bonds. The predicted molar refractivity (Wildman–Crippen MR) is 90.3 cm³/mol. The third-order valence-electron chi connectivity index (χ3n) is 4.37. The Bertz CT molecular complexity index is 767. The van der Waals surface area contributed by atoms with Crippen LogP contribution in [0.5, 0.6) is 0 Å². The average Bonchev–Trinajstić information content (AvgIpc) is 2.54. The zero-order valence-corrected chi connectivity index (χ0v) is 14.4. The number of dihydropyridines is 1. The molecule has 2 heterocycles. The van der Waals surface area contributed by atoms with Crippen molar-refractivity contribution >= 4 is 23.4 Å². The van der Waals surface area contributed by atoms with Crippen molar-refractivity contribution in [3.63, 3.8) is 0 Å². The van der Waals surface area contributed by atoms with Gasteiger partial charge >= 0.3 is 5.97 Å². The molecule has 0 fully saturated rings. The van der Waals surface area contributed by atoms with Gasteiger partial charge in [0.25, 0.3) is 0 Å². The molecule has 5 nitrogen and oxygen atoms in total. The van der Waals surface area contributed by atoms with Crippen LogP contribution in [0.2, 0.25) is 5.15 Å². The van der Waals surface area contributed by atoms with Crippen molar-refractivity contribution in [1.29, 1.82) is 0 Å². The summed E-state index contributed by atoms with van der Waals surface area (Å²) in [5.74, 6) is -0.922. The zero-order chi connectivity index (χ0) is 17.3. The molecule has 3 rings (SSSR count). The smallest absolute Gasteiger partial charge is 0.336 e. The van der Waals surface area contributed by atoms with Crippen LogP contribution in [0.4, 0.5) is 0 Å². The standard InChI is InChI=1S/C18H19ClN2O3/c1-3-24-18(23)14-10(2)21-12-7-4-8-13(22)16(12)15(14)11-6-5-9-20-17(11)19/h5-6,9,15,21H,3-4,7-8H2,1-2H3. The highest BCUT2D eigenvalue weighted by atomic mass is 35.5. The van der Waals surface area contributed by atoms with Gasteiger partial charge in [-0.3, -0.25) is 4.79 Å². The molecule has 6 heteroatoms. The lowest BCUT2D eigenvalue weighted by Gasteiger charge is -2.34. The number of ether oxygens (including phenoxy) is 1. The number of carbonyl (C=O) groups excluding carboxylic acids is 2. The molecular formula is C18H19ClN2O3. The molecule has 0 bridgehead atoms. The third kappa shape index (κ3) is 2.84. The fourth-order valence-corrected chi connectivity index (χ4v) is 3.62. The highest BCUT2D eigenvalue weighted by molar-refractivity contribution is 6.30. The van der Waals surface area contributed by atoms with Crippen molar-refractivity contribution in [2.75, 3.05) is 6.61 Å². The fraction of sp³-hybridized carbons (Fsp3) is 0.389. The minimum Gasteiger partial charge on any atom is -0.463 e. The minimum absolute atomic E-state index is 0.0444. The highest BCUT2D eigenvalue weighted by Gasteiger charge is 2.39. The van der Waals surface area contributed by atoms with Gasteiger partial charge in [-0.2, -0.15) is 0 Å². The Labute approximate surface area is 145 Å². The molecule has 0 spiro atoms. The fourth-order valence-electron chi connectivity index (χ4n) is 3.39. The number of aromatic nitrogens is 1. The normalized spacial score (nSPS) is 20.6. The number of rotatable bonds is 3. The van der Waals surface area contributed by atoms with E-state index in [4.69, 9.17) is 16.3 Å². The van der Waals surface area contributed by atoms with Gasteiger partial charge in [0.1, 0.15) is 5.15 Å². The second kappa shape index (κ2) is 6.77. The van der Waals surface area contributed by atoms with Crippen LogP contribution >= 0.6 is 11.6 Å². The molecule has 1 atom stereocenters. The number of hydrogen-bond acceptors (Lipinski definition) is 5. The van der Waals surface area contributed by atoms with Crippen molar-refractivity contribution in [2.24, 2.45) is 0 Å². The molecule has 2 aliphatic rings. The highest BCUT2D eigenvalue weighted by Crippen LogP contribution is 2.43. The van der Waals surface area contributed by atoms with Gasteiger partial charge in [-0.05, 0) is 32.8 Å². The summed E-state index contributed by atoms with van der Waals surface area (Å²) in [6.45, 7) is 3.85. The molecule has 0 radical (unpaired) electrons. The van der Waals surface area contributed by atoms with E-state index in [2.05, 4.69) is 10.3 Å². The van der Waals surface area contributed by atoms with Crippen LogP contribution in [0.15, 0.2) is 40.9 Å². The predicted octanol–water partition coefficient (Wildman–Crippen LogP) is 3.27. The maximum atomic E-state index is 12.6. The number of nitrogens with zero attached hydrogens (tertiary/aromatic N) is 1. The van der Waals surface area contributed by atoms with Gasteiger partial charge < -0.3 is 10.1 Å². The number of halogens is 1. The maximum Gasteiger partial charge on any atom is 0.336 e. The van der Waals surface area contributed by atoms with Crippen LogP contribution in [-0.2, 0) is 14.3 Å². The Kier molecular flexibility index (Phi) is 4.71. The second-order valence-corrected chi connectivity index (χ2v) is 6.23. The summed E-state index contributed by atoms with van der Waals surface area (Å²) in [7, 11) is 0. The summed E-state index contributed by atoms with van der Waals surface area (Å²) in [5, 5.41) is 3.53. The van der Waals surface area contributed by atoms with Crippen molar-refractivity contribution in [2.45, 2.75) is 39.0 Å². The summed E-state index contributed by atoms with van der Waals surface area (Å²) >= 11 is 6.29. The number of carbonyl (C=O) groups is 2. The van der Waals surface area contributed by atoms with Crippen LogP contribution in [0.1, 0.15) is 44.6 Å². The van der Waals surface area contributed by atoms with Crippen LogP contribution in [-0.4, -0.2) is 23.3 Å². The monoisotopic (exact) mass is 346 g/mol. The van der Waals surface area contributed by atoms with E-state index in [0.717, 1.165) is 18.5 Å². The Hall–Kier alpha value is -2.14. The van der Waals surface area contributed by atoms with Crippen LogP contribution in [0, 0.1) is 0 Å². The maximum absolute atomic E-state index is 12.6. The lowest BCUT2D eigenvalue weighted by Crippen LogP contribution is -2.34. The molecule has 0 saturated heterocycles. The Morgan fingerprint density at radius 2 is 2.25 bits per heavy atom. The van der Waals surface area contributed by atoms with E-state index in [1.807, 2.05) is 13.0 Å². The van der Waals surface area contributed by atoms with E-state index in [9.17, 15) is 9.59 Å². The molecule has 1 aromatic heterocycles. The van der Waals surface area contributed by atoms with Gasteiger partial charge in [-0.1, -0.05) is 17.7 Å². The molecule has 0 saturated carbocycles. The molecular weight excluding hydrogens is 328 g/mol. The first-order chi connectivity index (χ1) is 11.5. The van der Waals surface area contributed by atoms with Crippen LogP contribution in [0.3, 0.4) is 0 Å². The second-order valence-electron chi connectivity index (χ2n) is 5.87. The van der Waals surface area contributed by atoms with Crippen molar-refractivity contribution in [1.82, 2.24) is 10.3 Å². The summed E-state index contributed by atoms with van der Waals surface area (Å²) in [6, 6.07) is 3.57. The first-order valence-corrected chi connectivity index (χ1v) is 8.44. The first kappa shape index (κ1) is 16.7. The first-order valence-electron chi connectivity index (χ1n) is 8.06. The van der Waals surface area contributed by atoms with E-state index in [0.29, 0.717) is 34.0 Å². The molecule has 0 aromatic carbocycles. The van der Waals surface area contributed by atoms with Gasteiger partial charge in [0.2, 0.25) is 0 Å². The van der Waals surface area contributed by atoms with Gasteiger partial charge in [0.05, 0.1) is 18.1 Å².